The molecule has 6 nitrogen and oxygen atoms in total. The summed E-state index contributed by atoms with van der Waals surface area (Å²) in [5.74, 6) is 0.540. The molecule has 0 saturated heterocycles. The third-order valence-electron chi connectivity index (χ3n) is 2.37. The first kappa shape index (κ1) is 10.8. The van der Waals surface area contributed by atoms with E-state index in [1.165, 1.54) is 6.33 Å². The zero-order valence-electron chi connectivity index (χ0n) is 9.13. The van der Waals surface area contributed by atoms with Crippen LogP contribution in [0.15, 0.2) is 12.5 Å². The van der Waals surface area contributed by atoms with Crippen LogP contribution >= 0.6 is 0 Å². The lowest BCUT2D eigenvalue weighted by Crippen LogP contribution is -2.02. The predicted molar refractivity (Wildman–Crippen MR) is 58.2 cm³/mol. The number of unbranched alkanes of at least 4 members (excludes halogenated alkanes) is 1. The summed E-state index contributed by atoms with van der Waals surface area (Å²) in [4.78, 5) is 8.18. The lowest BCUT2D eigenvalue weighted by Gasteiger charge is -2.02. The van der Waals surface area contributed by atoms with E-state index in [9.17, 15) is 0 Å². The molecule has 2 aromatic heterocycles. The van der Waals surface area contributed by atoms with Crippen molar-refractivity contribution in [1.82, 2.24) is 19.7 Å². The summed E-state index contributed by atoms with van der Waals surface area (Å²) in [7, 11) is 1.57. The van der Waals surface area contributed by atoms with Gasteiger partial charge in [0.25, 0.3) is 0 Å². The van der Waals surface area contributed by atoms with Gasteiger partial charge in [-0.1, -0.05) is 0 Å². The highest BCUT2D eigenvalue weighted by Gasteiger charge is 2.09. The summed E-state index contributed by atoms with van der Waals surface area (Å²) in [5.41, 5.74) is 0.768. The van der Waals surface area contributed by atoms with Crippen LogP contribution in [-0.2, 0) is 6.54 Å². The molecule has 0 bridgehead atoms. The molecule has 0 saturated carbocycles. The molecule has 2 heterocycles. The Kier molecular flexibility index (Phi) is 3.31. The zero-order chi connectivity index (χ0) is 11.4. The third-order valence-corrected chi connectivity index (χ3v) is 2.37. The average molecular weight is 222 g/mol. The Morgan fingerprint density at radius 2 is 2.25 bits per heavy atom. The standard InChI is InChI=1S/C10H14N4O2/c1-16-10-8-6-13-14(4-2-3-5-15)9(8)11-7-12-10/h6-7,15H,2-5H2,1H3. The Morgan fingerprint density at radius 1 is 1.38 bits per heavy atom. The van der Waals surface area contributed by atoms with Crippen molar-refractivity contribution in [3.63, 3.8) is 0 Å². The van der Waals surface area contributed by atoms with Gasteiger partial charge in [-0.15, -0.1) is 0 Å². The topological polar surface area (TPSA) is 73.1 Å². The Bertz CT molecular complexity index is 469. The van der Waals surface area contributed by atoms with Crippen LogP contribution in [0.3, 0.4) is 0 Å². The van der Waals surface area contributed by atoms with E-state index < -0.39 is 0 Å². The summed E-state index contributed by atoms with van der Waals surface area (Å²) in [6.07, 6.45) is 4.81. The quantitative estimate of drug-likeness (QED) is 0.750. The Balaban J connectivity index is 2.27. The molecule has 0 spiro atoms. The summed E-state index contributed by atoms with van der Waals surface area (Å²) >= 11 is 0. The fraction of sp³-hybridized carbons (Fsp3) is 0.500. The normalized spacial score (nSPS) is 10.9. The number of rotatable bonds is 5. The van der Waals surface area contributed by atoms with Crippen LogP contribution in [0.1, 0.15) is 12.8 Å². The van der Waals surface area contributed by atoms with Gasteiger partial charge >= 0.3 is 0 Å². The molecule has 0 aromatic carbocycles. The van der Waals surface area contributed by atoms with Gasteiger partial charge in [0.1, 0.15) is 11.7 Å². The highest BCUT2D eigenvalue weighted by Crippen LogP contribution is 2.20. The Morgan fingerprint density at radius 3 is 3.00 bits per heavy atom. The van der Waals surface area contributed by atoms with Crippen molar-refractivity contribution in [2.24, 2.45) is 0 Å². The predicted octanol–water partition coefficient (Wildman–Crippen LogP) is 0.607. The number of hydrogen-bond donors (Lipinski definition) is 1. The van der Waals surface area contributed by atoms with Crippen molar-refractivity contribution < 1.29 is 9.84 Å². The van der Waals surface area contributed by atoms with Gasteiger partial charge in [0.2, 0.25) is 5.88 Å². The summed E-state index contributed by atoms with van der Waals surface area (Å²) < 4.78 is 6.92. The minimum atomic E-state index is 0.206. The van der Waals surface area contributed by atoms with E-state index in [1.807, 2.05) is 0 Å². The van der Waals surface area contributed by atoms with Crippen molar-refractivity contribution >= 4 is 11.0 Å². The van der Waals surface area contributed by atoms with Gasteiger partial charge < -0.3 is 9.84 Å². The molecule has 0 aliphatic rings. The number of aliphatic hydroxyl groups is 1. The minimum Gasteiger partial charge on any atom is -0.480 e. The third kappa shape index (κ3) is 1.96. The van der Waals surface area contributed by atoms with Gasteiger partial charge in [0.15, 0.2) is 5.65 Å². The van der Waals surface area contributed by atoms with Crippen molar-refractivity contribution in [2.75, 3.05) is 13.7 Å². The number of fused-ring (bicyclic) bond motifs is 1. The molecule has 2 rings (SSSR count). The molecular formula is C10H14N4O2. The van der Waals surface area contributed by atoms with E-state index >= 15 is 0 Å². The van der Waals surface area contributed by atoms with Gasteiger partial charge in [-0.25, -0.2) is 14.6 Å². The molecule has 0 unspecified atom stereocenters. The first-order valence-electron chi connectivity index (χ1n) is 5.18. The van der Waals surface area contributed by atoms with Gasteiger partial charge in [0, 0.05) is 13.2 Å². The molecule has 0 amide bonds. The van der Waals surface area contributed by atoms with Crippen molar-refractivity contribution in [2.45, 2.75) is 19.4 Å². The lowest BCUT2D eigenvalue weighted by molar-refractivity contribution is 0.280. The molecule has 0 radical (unpaired) electrons. The van der Waals surface area contributed by atoms with Crippen LogP contribution in [0.2, 0.25) is 0 Å². The largest absolute Gasteiger partial charge is 0.480 e. The van der Waals surface area contributed by atoms with Gasteiger partial charge in [-0.05, 0) is 12.8 Å². The van der Waals surface area contributed by atoms with Crippen LogP contribution in [0.25, 0.3) is 11.0 Å². The smallest absolute Gasteiger partial charge is 0.227 e. The SMILES string of the molecule is COc1ncnc2c1cnn2CCCCO. The fourth-order valence-electron chi connectivity index (χ4n) is 1.57. The molecule has 2 aromatic rings. The highest BCUT2D eigenvalue weighted by atomic mass is 16.5. The van der Waals surface area contributed by atoms with Gasteiger partial charge in [0.05, 0.1) is 13.3 Å². The number of hydrogen-bond acceptors (Lipinski definition) is 5. The number of ether oxygens (including phenoxy) is 1. The average Bonchev–Trinajstić information content (AvgIpc) is 2.73. The van der Waals surface area contributed by atoms with Crippen LogP contribution in [0.4, 0.5) is 0 Å². The van der Waals surface area contributed by atoms with E-state index in [0.29, 0.717) is 5.88 Å². The maximum Gasteiger partial charge on any atom is 0.227 e. The maximum atomic E-state index is 8.72. The highest BCUT2D eigenvalue weighted by molar-refractivity contribution is 5.79. The maximum absolute atomic E-state index is 8.72. The second-order valence-electron chi connectivity index (χ2n) is 3.42. The molecule has 0 aliphatic carbocycles. The number of nitrogens with zero attached hydrogens (tertiary/aromatic N) is 4. The van der Waals surface area contributed by atoms with Crippen LogP contribution in [0.5, 0.6) is 5.88 Å². The molecule has 16 heavy (non-hydrogen) atoms. The molecule has 86 valence electrons. The number of aromatic nitrogens is 4. The van der Waals surface area contributed by atoms with Crippen LogP contribution < -0.4 is 4.74 Å². The van der Waals surface area contributed by atoms with Crippen molar-refractivity contribution in [3.05, 3.63) is 12.5 Å². The van der Waals surface area contributed by atoms with E-state index in [4.69, 9.17) is 9.84 Å². The summed E-state index contributed by atoms with van der Waals surface area (Å²) in [6, 6.07) is 0. The number of aryl methyl sites for hydroxylation is 1. The van der Waals surface area contributed by atoms with Crippen LogP contribution in [-0.4, -0.2) is 38.6 Å². The molecule has 0 atom stereocenters. The molecule has 6 heteroatoms. The first-order chi connectivity index (χ1) is 7.86. The van der Waals surface area contributed by atoms with E-state index in [0.717, 1.165) is 30.4 Å². The molecule has 0 aliphatic heterocycles. The minimum absolute atomic E-state index is 0.206. The second kappa shape index (κ2) is 4.89. The van der Waals surface area contributed by atoms with Crippen LogP contribution in [0, 0.1) is 0 Å². The molecular weight excluding hydrogens is 208 g/mol. The van der Waals surface area contributed by atoms with E-state index in [2.05, 4.69) is 15.1 Å². The zero-order valence-corrected chi connectivity index (χ0v) is 9.13. The van der Waals surface area contributed by atoms with E-state index in [-0.39, 0.29) is 6.61 Å². The fourth-order valence-corrected chi connectivity index (χ4v) is 1.57. The molecule has 0 fully saturated rings. The Labute approximate surface area is 92.9 Å². The number of aliphatic hydroxyl groups excluding tert-OH is 1. The monoisotopic (exact) mass is 222 g/mol. The summed E-state index contributed by atoms with van der Waals surface area (Å²) in [6.45, 7) is 0.946. The van der Waals surface area contributed by atoms with Crippen molar-refractivity contribution in [3.8, 4) is 5.88 Å². The van der Waals surface area contributed by atoms with Gasteiger partial charge in [-0.2, -0.15) is 5.10 Å². The van der Waals surface area contributed by atoms with E-state index in [1.54, 1.807) is 18.0 Å². The Hall–Kier alpha value is -1.69. The molecule has 1 N–H and O–H groups in total. The van der Waals surface area contributed by atoms with Gasteiger partial charge in [-0.3, -0.25) is 0 Å². The van der Waals surface area contributed by atoms with Crippen molar-refractivity contribution in [1.29, 1.82) is 0 Å². The summed E-state index contributed by atoms with van der Waals surface area (Å²) in [5, 5.41) is 13.8. The second-order valence-corrected chi connectivity index (χ2v) is 3.42. The number of methoxy groups -OCH3 is 1. The lowest BCUT2D eigenvalue weighted by atomic mass is 10.3. The first-order valence-corrected chi connectivity index (χ1v) is 5.18.